The van der Waals surface area contributed by atoms with Crippen molar-refractivity contribution in [3.8, 4) is 0 Å². The highest BCUT2D eigenvalue weighted by molar-refractivity contribution is 4.82. The molecule has 0 aliphatic heterocycles. The van der Waals surface area contributed by atoms with Gasteiger partial charge in [-0.3, -0.25) is 0 Å². The van der Waals surface area contributed by atoms with E-state index in [4.69, 9.17) is 0 Å². The first-order valence-electron chi connectivity index (χ1n) is 4.61. The Bertz CT molecular complexity index is 110. The fraction of sp³-hybridized carbons (Fsp3) is 1.00. The summed E-state index contributed by atoms with van der Waals surface area (Å²) in [5.41, 5.74) is 0. The smallest absolute Gasteiger partial charge is 0.00933 e. The van der Waals surface area contributed by atoms with Crippen molar-refractivity contribution >= 4 is 0 Å². The van der Waals surface area contributed by atoms with E-state index >= 15 is 0 Å². The predicted octanol–water partition coefficient (Wildman–Crippen LogP) is 1.08. The van der Waals surface area contributed by atoms with Gasteiger partial charge in [0.1, 0.15) is 0 Å². The zero-order chi connectivity index (χ0) is 8.27. The largest absolute Gasteiger partial charge is 0.317 e. The second kappa shape index (κ2) is 4.07. The van der Waals surface area contributed by atoms with Gasteiger partial charge in [0.25, 0.3) is 0 Å². The third-order valence-corrected chi connectivity index (χ3v) is 2.58. The Labute approximate surface area is 70.0 Å². The van der Waals surface area contributed by atoms with Crippen molar-refractivity contribution in [1.29, 1.82) is 0 Å². The van der Waals surface area contributed by atoms with Crippen LogP contribution in [0.5, 0.6) is 0 Å². The van der Waals surface area contributed by atoms with Gasteiger partial charge in [-0.05, 0) is 46.8 Å². The van der Waals surface area contributed by atoms with Crippen molar-refractivity contribution in [2.45, 2.75) is 38.3 Å². The van der Waals surface area contributed by atoms with E-state index < -0.39 is 0 Å². The van der Waals surface area contributed by atoms with Gasteiger partial charge in [0.15, 0.2) is 0 Å². The highest BCUT2D eigenvalue weighted by atomic mass is 15.1. The topological polar surface area (TPSA) is 15.3 Å². The van der Waals surface area contributed by atoms with Crippen LogP contribution in [0.15, 0.2) is 0 Å². The second-order valence-electron chi connectivity index (χ2n) is 3.69. The van der Waals surface area contributed by atoms with E-state index in [1.165, 1.54) is 25.8 Å². The Morgan fingerprint density at radius 3 is 2.64 bits per heavy atom. The Hall–Kier alpha value is -0.0800. The molecule has 0 saturated heterocycles. The maximum absolute atomic E-state index is 3.25. The third-order valence-electron chi connectivity index (χ3n) is 2.58. The molecule has 1 unspecified atom stereocenters. The molecule has 2 heteroatoms. The van der Waals surface area contributed by atoms with E-state index in [2.05, 4.69) is 24.2 Å². The van der Waals surface area contributed by atoms with Gasteiger partial charge < -0.3 is 10.2 Å². The van der Waals surface area contributed by atoms with Crippen molar-refractivity contribution in [3.63, 3.8) is 0 Å². The second-order valence-corrected chi connectivity index (χ2v) is 3.69. The molecule has 1 aliphatic carbocycles. The molecule has 0 spiro atoms. The fourth-order valence-electron chi connectivity index (χ4n) is 1.24. The molecule has 0 amide bonds. The summed E-state index contributed by atoms with van der Waals surface area (Å²) in [7, 11) is 4.27. The molecule has 1 aliphatic rings. The van der Waals surface area contributed by atoms with Gasteiger partial charge in [0, 0.05) is 12.1 Å². The monoisotopic (exact) mass is 156 g/mol. The standard InChI is InChI=1S/C9H20N2/c1-8(10-2)6-7-11(3)9-4-5-9/h8-10H,4-7H2,1-3H3. The van der Waals surface area contributed by atoms with Crippen molar-refractivity contribution in [2.24, 2.45) is 0 Å². The summed E-state index contributed by atoms with van der Waals surface area (Å²) in [5.74, 6) is 0. The van der Waals surface area contributed by atoms with Crippen molar-refractivity contribution in [1.82, 2.24) is 10.2 Å². The van der Waals surface area contributed by atoms with Gasteiger partial charge in [-0.1, -0.05) is 0 Å². The van der Waals surface area contributed by atoms with Crippen LogP contribution < -0.4 is 5.32 Å². The first-order chi connectivity index (χ1) is 5.24. The molecule has 0 radical (unpaired) electrons. The first kappa shape index (κ1) is 9.01. The minimum absolute atomic E-state index is 0.663. The molecule has 1 rings (SSSR count). The summed E-state index contributed by atoms with van der Waals surface area (Å²) >= 11 is 0. The van der Waals surface area contributed by atoms with Crippen LogP contribution in [0, 0.1) is 0 Å². The Morgan fingerprint density at radius 2 is 2.18 bits per heavy atom. The van der Waals surface area contributed by atoms with Crippen LogP contribution in [0.4, 0.5) is 0 Å². The van der Waals surface area contributed by atoms with Gasteiger partial charge in [-0.25, -0.2) is 0 Å². The number of rotatable bonds is 5. The van der Waals surface area contributed by atoms with Crippen LogP contribution in [-0.2, 0) is 0 Å². The van der Waals surface area contributed by atoms with E-state index in [-0.39, 0.29) is 0 Å². The summed E-state index contributed by atoms with van der Waals surface area (Å²) < 4.78 is 0. The average molecular weight is 156 g/mol. The maximum atomic E-state index is 3.25. The lowest BCUT2D eigenvalue weighted by molar-refractivity contribution is 0.305. The summed E-state index contributed by atoms with van der Waals surface area (Å²) in [5, 5.41) is 3.25. The van der Waals surface area contributed by atoms with Crippen molar-refractivity contribution < 1.29 is 0 Å². The Kier molecular flexibility index (Phi) is 3.34. The van der Waals surface area contributed by atoms with E-state index in [9.17, 15) is 0 Å². The molecule has 0 heterocycles. The minimum Gasteiger partial charge on any atom is -0.317 e. The highest BCUT2D eigenvalue weighted by Gasteiger charge is 2.25. The molecular weight excluding hydrogens is 136 g/mol. The van der Waals surface area contributed by atoms with E-state index in [1.54, 1.807) is 0 Å². The highest BCUT2D eigenvalue weighted by Crippen LogP contribution is 2.25. The normalized spacial score (nSPS) is 20.7. The summed E-state index contributed by atoms with van der Waals surface area (Å²) in [6.45, 7) is 3.48. The van der Waals surface area contributed by atoms with Crippen LogP contribution in [0.3, 0.4) is 0 Å². The quantitative estimate of drug-likeness (QED) is 0.641. The van der Waals surface area contributed by atoms with Gasteiger partial charge >= 0.3 is 0 Å². The SMILES string of the molecule is CNC(C)CCN(C)C1CC1. The van der Waals surface area contributed by atoms with Crippen molar-refractivity contribution in [2.75, 3.05) is 20.6 Å². The molecule has 1 fully saturated rings. The van der Waals surface area contributed by atoms with Crippen LogP contribution >= 0.6 is 0 Å². The Morgan fingerprint density at radius 1 is 1.55 bits per heavy atom. The fourth-order valence-corrected chi connectivity index (χ4v) is 1.24. The van der Waals surface area contributed by atoms with Gasteiger partial charge in [0.2, 0.25) is 0 Å². The molecule has 1 N–H and O–H groups in total. The number of nitrogens with zero attached hydrogens (tertiary/aromatic N) is 1. The lowest BCUT2D eigenvalue weighted by Gasteiger charge is -2.18. The van der Waals surface area contributed by atoms with Crippen LogP contribution in [0.1, 0.15) is 26.2 Å². The molecule has 1 saturated carbocycles. The predicted molar refractivity (Wildman–Crippen MR) is 48.8 cm³/mol. The third kappa shape index (κ3) is 3.21. The molecule has 0 bridgehead atoms. The summed E-state index contributed by atoms with van der Waals surface area (Å²) in [4.78, 5) is 2.48. The summed E-state index contributed by atoms with van der Waals surface area (Å²) in [6.07, 6.45) is 4.11. The molecule has 0 aromatic heterocycles. The Balaban J connectivity index is 2.00. The molecule has 11 heavy (non-hydrogen) atoms. The first-order valence-corrected chi connectivity index (χ1v) is 4.61. The zero-order valence-corrected chi connectivity index (χ0v) is 7.93. The molecular formula is C9H20N2. The molecule has 1 atom stereocenters. The molecule has 66 valence electrons. The van der Waals surface area contributed by atoms with E-state index in [0.717, 1.165) is 6.04 Å². The number of hydrogen-bond donors (Lipinski definition) is 1. The van der Waals surface area contributed by atoms with Crippen LogP contribution in [0.2, 0.25) is 0 Å². The average Bonchev–Trinajstić information content (AvgIpc) is 2.81. The van der Waals surface area contributed by atoms with Crippen LogP contribution in [-0.4, -0.2) is 37.6 Å². The number of nitrogens with one attached hydrogen (secondary N) is 1. The van der Waals surface area contributed by atoms with E-state index in [0.29, 0.717) is 6.04 Å². The number of hydrogen-bond acceptors (Lipinski definition) is 2. The summed E-state index contributed by atoms with van der Waals surface area (Å²) in [6, 6.07) is 1.58. The van der Waals surface area contributed by atoms with Crippen molar-refractivity contribution in [3.05, 3.63) is 0 Å². The molecule has 2 nitrogen and oxygen atoms in total. The molecule has 0 aromatic carbocycles. The maximum Gasteiger partial charge on any atom is 0.00933 e. The zero-order valence-electron chi connectivity index (χ0n) is 7.93. The van der Waals surface area contributed by atoms with Crippen LogP contribution in [0.25, 0.3) is 0 Å². The lowest BCUT2D eigenvalue weighted by Crippen LogP contribution is -2.29. The van der Waals surface area contributed by atoms with Gasteiger partial charge in [-0.15, -0.1) is 0 Å². The lowest BCUT2D eigenvalue weighted by atomic mass is 10.2. The van der Waals surface area contributed by atoms with Gasteiger partial charge in [0.05, 0.1) is 0 Å². The van der Waals surface area contributed by atoms with E-state index in [1.807, 2.05) is 7.05 Å². The van der Waals surface area contributed by atoms with Gasteiger partial charge in [-0.2, -0.15) is 0 Å². The minimum atomic E-state index is 0.663. The molecule has 0 aromatic rings.